The number of likely N-dealkylation sites (tertiary alicyclic amines) is 1. The minimum atomic E-state index is -3.84. The second-order valence-electron chi connectivity index (χ2n) is 5.37. The summed E-state index contributed by atoms with van der Waals surface area (Å²) in [5.41, 5.74) is 0. The van der Waals surface area contributed by atoms with E-state index in [1.54, 1.807) is 4.90 Å². The average molecular weight is 328 g/mol. The lowest BCUT2D eigenvalue weighted by Crippen LogP contribution is -2.34. The van der Waals surface area contributed by atoms with Crippen LogP contribution in [-0.2, 0) is 14.8 Å². The van der Waals surface area contributed by atoms with Crippen LogP contribution in [0, 0.1) is 5.82 Å². The maximum atomic E-state index is 13.5. The Kier molecular flexibility index (Phi) is 5.90. The molecule has 122 valence electrons. The van der Waals surface area contributed by atoms with Crippen LogP contribution >= 0.6 is 0 Å². The summed E-state index contributed by atoms with van der Waals surface area (Å²) >= 11 is 0. The molecule has 1 saturated heterocycles. The van der Waals surface area contributed by atoms with Gasteiger partial charge in [0.1, 0.15) is 10.7 Å². The molecule has 1 aromatic rings. The second kappa shape index (κ2) is 7.69. The van der Waals surface area contributed by atoms with Gasteiger partial charge >= 0.3 is 0 Å². The van der Waals surface area contributed by atoms with Crippen LogP contribution in [0.1, 0.15) is 32.1 Å². The number of carbonyl (C=O) groups excluding carboxylic acids is 1. The van der Waals surface area contributed by atoms with Gasteiger partial charge in [-0.1, -0.05) is 18.6 Å². The van der Waals surface area contributed by atoms with E-state index < -0.39 is 15.8 Å². The van der Waals surface area contributed by atoms with Crippen LogP contribution in [0.4, 0.5) is 4.39 Å². The molecule has 0 aliphatic carbocycles. The quantitative estimate of drug-likeness (QED) is 0.811. The first-order chi connectivity index (χ1) is 10.5. The Hall–Kier alpha value is -1.47. The SMILES string of the molecule is O=C1CCCCCN1CCCNS(=O)(=O)c1ccccc1F. The lowest BCUT2D eigenvalue weighted by atomic mass is 10.2. The van der Waals surface area contributed by atoms with E-state index in [0.717, 1.165) is 31.9 Å². The van der Waals surface area contributed by atoms with E-state index in [4.69, 9.17) is 0 Å². The van der Waals surface area contributed by atoms with Crippen LogP contribution in [0.25, 0.3) is 0 Å². The first-order valence-electron chi connectivity index (χ1n) is 7.53. The molecule has 22 heavy (non-hydrogen) atoms. The van der Waals surface area contributed by atoms with Crippen LogP contribution in [0.5, 0.6) is 0 Å². The molecule has 0 aromatic heterocycles. The highest BCUT2D eigenvalue weighted by Gasteiger charge is 2.19. The molecule has 0 radical (unpaired) electrons. The van der Waals surface area contributed by atoms with Gasteiger partial charge in [0.05, 0.1) is 0 Å². The van der Waals surface area contributed by atoms with E-state index in [1.165, 1.54) is 18.2 Å². The van der Waals surface area contributed by atoms with Crippen LogP contribution in [-0.4, -0.2) is 38.9 Å². The summed E-state index contributed by atoms with van der Waals surface area (Å²) in [5, 5.41) is 0. The van der Waals surface area contributed by atoms with Gasteiger partial charge in [0.25, 0.3) is 0 Å². The van der Waals surface area contributed by atoms with Crippen molar-refractivity contribution in [2.24, 2.45) is 0 Å². The molecule has 0 unspecified atom stereocenters. The molecule has 1 fully saturated rings. The normalized spacial score (nSPS) is 16.6. The fourth-order valence-electron chi connectivity index (χ4n) is 2.49. The Bertz CT molecular complexity index is 619. The Morgan fingerprint density at radius 2 is 1.95 bits per heavy atom. The summed E-state index contributed by atoms with van der Waals surface area (Å²) < 4.78 is 39.9. The number of carbonyl (C=O) groups is 1. The Morgan fingerprint density at radius 1 is 1.18 bits per heavy atom. The number of amides is 1. The zero-order valence-corrected chi connectivity index (χ0v) is 13.2. The predicted molar refractivity (Wildman–Crippen MR) is 81.3 cm³/mol. The predicted octanol–water partition coefficient (Wildman–Crippen LogP) is 1.90. The second-order valence-corrected chi connectivity index (χ2v) is 7.11. The number of benzene rings is 1. The number of nitrogens with one attached hydrogen (secondary N) is 1. The lowest BCUT2D eigenvalue weighted by Gasteiger charge is -2.20. The minimum Gasteiger partial charge on any atom is -0.343 e. The van der Waals surface area contributed by atoms with E-state index in [0.29, 0.717) is 19.4 Å². The molecular weight excluding hydrogens is 307 g/mol. The topological polar surface area (TPSA) is 66.5 Å². The number of nitrogens with zero attached hydrogens (tertiary/aromatic N) is 1. The summed E-state index contributed by atoms with van der Waals surface area (Å²) in [5.74, 6) is -0.632. The highest BCUT2D eigenvalue weighted by Crippen LogP contribution is 2.13. The summed E-state index contributed by atoms with van der Waals surface area (Å²) in [7, 11) is -3.84. The summed E-state index contributed by atoms with van der Waals surface area (Å²) in [6, 6.07) is 5.27. The largest absolute Gasteiger partial charge is 0.343 e. The van der Waals surface area contributed by atoms with Gasteiger partial charge in [-0.2, -0.15) is 0 Å². The third kappa shape index (κ3) is 4.51. The highest BCUT2D eigenvalue weighted by molar-refractivity contribution is 7.89. The van der Waals surface area contributed by atoms with E-state index in [9.17, 15) is 17.6 Å². The molecule has 7 heteroatoms. The zero-order valence-electron chi connectivity index (χ0n) is 12.4. The van der Waals surface area contributed by atoms with Gasteiger partial charge in [0, 0.05) is 26.1 Å². The summed E-state index contributed by atoms with van der Waals surface area (Å²) in [4.78, 5) is 13.2. The third-order valence-electron chi connectivity index (χ3n) is 3.69. The molecule has 1 aliphatic rings. The zero-order chi connectivity index (χ0) is 16.0. The van der Waals surface area contributed by atoms with E-state index in [1.807, 2.05) is 0 Å². The maximum Gasteiger partial charge on any atom is 0.243 e. The van der Waals surface area contributed by atoms with Crippen LogP contribution < -0.4 is 4.72 Å². The standard InChI is InChI=1S/C15H21FN2O3S/c16-13-7-3-4-8-14(13)22(20,21)17-10-6-12-18-11-5-1-2-9-15(18)19/h3-4,7-8,17H,1-2,5-6,9-12H2. The third-order valence-corrected chi connectivity index (χ3v) is 5.19. The molecule has 0 atom stereocenters. The molecule has 1 amide bonds. The van der Waals surface area contributed by atoms with Crippen molar-refractivity contribution in [3.63, 3.8) is 0 Å². The van der Waals surface area contributed by atoms with E-state index in [2.05, 4.69) is 4.72 Å². The van der Waals surface area contributed by atoms with Gasteiger partial charge in [-0.15, -0.1) is 0 Å². The van der Waals surface area contributed by atoms with Crippen molar-refractivity contribution in [3.8, 4) is 0 Å². The highest BCUT2D eigenvalue weighted by atomic mass is 32.2. The van der Waals surface area contributed by atoms with Gasteiger partial charge in [0.15, 0.2) is 0 Å². The molecule has 0 bridgehead atoms. The minimum absolute atomic E-state index is 0.134. The Balaban J connectivity index is 1.83. The molecular formula is C15H21FN2O3S. The van der Waals surface area contributed by atoms with E-state index >= 15 is 0 Å². The fraction of sp³-hybridized carbons (Fsp3) is 0.533. The van der Waals surface area contributed by atoms with Crippen molar-refractivity contribution >= 4 is 15.9 Å². The van der Waals surface area contributed by atoms with Crippen LogP contribution in [0.2, 0.25) is 0 Å². The van der Waals surface area contributed by atoms with Crippen molar-refractivity contribution < 1.29 is 17.6 Å². The van der Waals surface area contributed by atoms with Gasteiger partial charge in [-0.3, -0.25) is 4.79 Å². The molecule has 0 saturated carbocycles. The molecule has 1 heterocycles. The van der Waals surface area contributed by atoms with Crippen molar-refractivity contribution in [2.75, 3.05) is 19.6 Å². The summed E-state index contributed by atoms with van der Waals surface area (Å²) in [6.45, 7) is 1.44. The number of rotatable bonds is 6. The number of halogens is 1. The first kappa shape index (κ1) is 16.9. The molecule has 1 aliphatic heterocycles. The molecule has 0 spiro atoms. The first-order valence-corrected chi connectivity index (χ1v) is 9.01. The van der Waals surface area contributed by atoms with Crippen molar-refractivity contribution in [2.45, 2.75) is 37.0 Å². The summed E-state index contributed by atoms with van der Waals surface area (Å²) in [6.07, 6.45) is 4.06. The Morgan fingerprint density at radius 3 is 2.73 bits per heavy atom. The molecule has 1 N–H and O–H groups in total. The van der Waals surface area contributed by atoms with Gasteiger partial charge < -0.3 is 4.90 Å². The Labute approximate surface area is 130 Å². The van der Waals surface area contributed by atoms with Crippen molar-refractivity contribution in [1.82, 2.24) is 9.62 Å². The van der Waals surface area contributed by atoms with Gasteiger partial charge in [-0.05, 0) is 31.4 Å². The van der Waals surface area contributed by atoms with Crippen molar-refractivity contribution in [3.05, 3.63) is 30.1 Å². The van der Waals surface area contributed by atoms with Gasteiger partial charge in [-0.25, -0.2) is 17.5 Å². The number of hydrogen-bond acceptors (Lipinski definition) is 3. The molecule has 1 aromatic carbocycles. The average Bonchev–Trinajstić information content (AvgIpc) is 2.69. The monoisotopic (exact) mass is 328 g/mol. The van der Waals surface area contributed by atoms with Crippen molar-refractivity contribution in [1.29, 1.82) is 0 Å². The number of sulfonamides is 1. The van der Waals surface area contributed by atoms with Crippen LogP contribution in [0.15, 0.2) is 29.2 Å². The maximum absolute atomic E-state index is 13.5. The molecule has 5 nitrogen and oxygen atoms in total. The molecule has 2 rings (SSSR count). The lowest BCUT2D eigenvalue weighted by molar-refractivity contribution is -0.130. The smallest absolute Gasteiger partial charge is 0.243 e. The fourth-order valence-corrected chi connectivity index (χ4v) is 3.64. The van der Waals surface area contributed by atoms with E-state index in [-0.39, 0.29) is 17.3 Å². The van der Waals surface area contributed by atoms with Crippen LogP contribution in [0.3, 0.4) is 0 Å². The van der Waals surface area contributed by atoms with Gasteiger partial charge in [0.2, 0.25) is 15.9 Å². The number of hydrogen-bond donors (Lipinski definition) is 1.